The summed E-state index contributed by atoms with van der Waals surface area (Å²) >= 11 is 0. The Labute approximate surface area is 168 Å². The molecule has 0 aliphatic heterocycles. The predicted octanol–water partition coefficient (Wildman–Crippen LogP) is 0.870. The molecule has 0 radical (unpaired) electrons. The van der Waals surface area contributed by atoms with Crippen LogP contribution in [0.1, 0.15) is 48.5 Å². The molecule has 0 fully saturated rings. The van der Waals surface area contributed by atoms with Crippen molar-refractivity contribution in [2.45, 2.75) is 59.7 Å². The Morgan fingerprint density at radius 3 is 1.14 bits per heavy atom. The first-order valence-electron chi connectivity index (χ1n) is 9.25. The summed E-state index contributed by atoms with van der Waals surface area (Å²) in [6.07, 6.45) is -0.908. The van der Waals surface area contributed by atoms with Gasteiger partial charge in [0.25, 0.3) is 0 Å². The molecule has 0 saturated heterocycles. The van der Waals surface area contributed by atoms with Gasteiger partial charge in [0.2, 0.25) is 5.91 Å². The first-order valence-corrected chi connectivity index (χ1v) is 9.25. The molecule has 0 atom stereocenters. The van der Waals surface area contributed by atoms with Crippen LogP contribution in [0.2, 0.25) is 0 Å². The molecular formula is C18H39N5O5. The molecule has 0 aromatic carbocycles. The zero-order chi connectivity index (χ0) is 22.5. The van der Waals surface area contributed by atoms with Gasteiger partial charge in [-0.2, -0.15) is 0 Å². The summed E-state index contributed by atoms with van der Waals surface area (Å²) < 4.78 is 10.7. The molecule has 0 aliphatic carbocycles. The zero-order valence-corrected chi connectivity index (χ0v) is 18.4. The van der Waals surface area contributed by atoms with E-state index in [0.29, 0.717) is 39.3 Å². The van der Waals surface area contributed by atoms with E-state index in [0.717, 1.165) is 0 Å². The largest absolute Gasteiger partial charge is 0.444 e. The molecule has 28 heavy (non-hydrogen) atoms. The minimum atomic E-state index is -0.591. The van der Waals surface area contributed by atoms with Crippen LogP contribution in [0.15, 0.2) is 0 Å². The highest BCUT2D eigenvalue weighted by Crippen LogP contribution is 2.11. The molecule has 0 unspecified atom stereocenters. The Morgan fingerprint density at radius 2 is 0.964 bits per heavy atom. The fourth-order valence-corrected chi connectivity index (χ4v) is 1.79. The first kappa shape index (κ1) is 28.1. The van der Waals surface area contributed by atoms with E-state index >= 15 is 0 Å². The summed E-state index contributed by atoms with van der Waals surface area (Å²) in [5, 5.41) is 0. The highest BCUT2D eigenvalue weighted by atomic mass is 16.6. The maximum Gasteiger partial charge on any atom is 0.410 e. The van der Waals surface area contributed by atoms with Gasteiger partial charge >= 0.3 is 12.2 Å². The summed E-state index contributed by atoms with van der Waals surface area (Å²) in [6, 6.07) is 0. The molecular weight excluding hydrogens is 366 g/mol. The van der Waals surface area contributed by atoms with Gasteiger partial charge in [0, 0.05) is 46.2 Å². The molecule has 0 rings (SSSR count). The standard InChI is InChI=1S/C16H34N4O4.C2H5NO/c1-15(2,3)23-13(21)19(9-7-17)11-12-20(10-8-18)14(22)24-16(4,5)6;1-2(3)4/h7-12,17-18H2,1-6H3;1H3,(H2,3,4). The Morgan fingerprint density at radius 1 is 0.714 bits per heavy atom. The van der Waals surface area contributed by atoms with Gasteiger partial charge < -0.3 is 36.5 Å². The van der Waals surface area contributed by atoms with E-state index < -0.39 is 23.4 Å². The smallest absolute Gasteiger partial charge is 0.410 e. The van der Waals surface area contributed by atoms with E-state index in [4.69, 9.17) is 20.9 Å². The van der Waals surface area contributed by atoms with Gasteiger partial charge in [0.05, 0.1) is 0 Å². The van der Waals surface area contributed by atoms with Gasteiger partial charge in [-0.3, -0.25) is 4.79 Å². The third-order valence-electron chi connectivity index (χ3n) is 2.74. The van der Waals surface area contributed by atoms with Gasteiger partial charge in [-0.1, -0.05) is 0 Å². The van der Waals surface area contributed by atoms with E-state index in [1.807, 2.05) is 0 Å². The van der Waals surface area contributed by atoms with Crippen LogP contribution in [-0.4, -0.2) is 78.4 Å². The second kappa shape index (κ2) is 13.2. The number of nitrogens with zero attached hydrogens (tertiary/aromatic N) is 2. The van der Waals surface area contributed by atoms with Crippen molar-refractivity contribution in [2.75, 3.05) is 39.3 Å². The fraction of sp³-hybridized carbons (Fsp3) is 0.833. The third-order valence-corrected chi connectivity index (χ3v) is 2.74. The van der Waals surface area contributed by atoms with Crippen molar-refractivity contribution < 1.29 is 23.9 Å². The van der Waals surface area contributed by atoms with Crippen molar-refractivity contribution in [1.29, 1.82) is 0 Å². The quantitative estimate of drug-likeness (QED) is 0.567. The lowest BCUT2D eigenvalue weighted by atomic mass is 10.2. The molecule has 0 saturated carbocycles. The average molecular weight is 406 g/mol. The van der Waals surface area contributed by atoms with Gasteiger partial charge in [0.15, 0.2) is 0 Å². The topological polar surface area (TPSA) is 154 Å². The average Bonchev–Trinajstić information content (AvgIpc) is 2.45. The number of ether oxygens (including phenoxy) is 2. The van der Waals surface area contributed by atoms with E-state index in [2.05, 4.69) is 5.73 Å². The molecule has 10 nitrogen and oxygen atoms in total. The van der Waals surface area contributed by atoms with E-state index in [-0.39, 0.29) is 5.91 Å². The number of nitrogens with two attached hydrogens (primary N) is 3. The summed E-state index contributed by atoms with van der Waals surface area (Å²) in [4.78, 5) is 36.6. The van der Waals surface area contributed by atoms with Gasteiger partial charge in [0.1, 0.15) is 11.2 Å². The van der Waals surface area contributed by atoms with Gasteiger partial charge in [-0.05, 0) is 41.5 Å². The van der Waals surface area contributed by atoms with Crippen LogP contribution in [0.5, 0.6) is 0 Å². The van der Waals surface area contributed by atoms with Crippen LogP contribution in [0, 0.1) is 0 Å². The molecule has 0 heterocycles. The Kier molecular flexibility index (Phi) is 13.2. The lowest BCUT2D eigenvalue weighted by molar-refractivity contribution is -0.115. The van der Waals surface area contributed by atoms with Crippen LogP contribution in [0.4, 0.5) is 9.59 Å². The minimum Gasteiger partial charge on any atom is -0.444 e. The van der Waals surface area contributed by atoms with Crippen molar-refractivity contribution in [1.82, 2.24) is 9.80 Å². The monoisotopic (exact) mass is 405 g/mol. The van der Waals surface area contributed by atoms with Crippen molar-refractivity contribution in [3.63, 3.8) is 0 Å². The minimum absolute atomic E-state index is 0.297. The molecule has 166 valence electrons. The van der Waals surface area contributed by atoms with Crippen LogP contribution < -0.4 is 17.2 Å². The molecule has 0 aromatic rings. The Balaban J connectivity index is 0. The lowest BCUT2D eigenvalue weighted by Crippen LogP contribution is -2.46. The number of amides is 3. The number of primary amides is 1. The van der Waals surface area contributed by atoms with Crippen molar-refractivity contribution in [2.24, 2.45) is 17.2 Å². The normalized spacial score (nSPS) is 11.0. The number of hydrogen-bond donors (Lipinski definition) is 3. The van der Waals surface area contributed by atoms with Crippen LogP contribution in [0.25, 0.3) is 0 Å². The third kappa shape index (κ3) is 17.3. The number of rotatable bonds is 7. The van der Waals surface area contributed by atoms with E-state index in [9.17, 15) is 14.4 Å². The number of carbonyl (C=O) groups is 3. The first-order chi connectivity index (χ1) is 12.6. The lowest BCUT2D eigenvalue weighted by Gasteiger charge is -2.31. The summed E-state index contributed by atoms with van der Waals surface area (Å²) in [6.45, 7) is 14.0. The predicted molar refractivity (Wildman–Crippen MR) is 109 cm³/mol. The van der Waals surface area contributed by atoms with Crippen LogP contribution in [0.3, 0.4) is 0 Å². The highest BCUT2D eigenvalue weighted by Gasteiger charge is 2.25. The maximum atomic E-state index is 12.2. The van der Waals surface area contributed by atoms with Gasteiger partial charge in [-0.25, -0.2) is 9.59 Å². The number of carbonyl (C=O) groups excluding carboxylic acids is 3. The fourth-order valence-electron chi connectivity index (χ4n) is 1.79. The summed E-state index contributed by atoms with van der Waals surface area (Å²) in [5.74, 6) is -0.333. The van der Waals surface area contributed by atoms with E-state index in [1.54, 1.807) is 41.5 Å². The second-order valence-electron chi connectivity index (χ2n) is 8.12. The van der Waals surface area contributed by atoms with Crippen LogP contribution in [-0.2, 0) is 14.3 Å². The molecule has 10 heteroatoms. The highest BCUT2D eigenvalue weighted by molar-refractivity contribution is 5.70. The maximum absolute atomic E-state index is 12.2. The van der Waals surface area contributed by atoms with E-state index in [1.165, 1.54) is 16.7 Å². The van der Waals surface area contributed by atoms with Crippen molar-refractivity contribution >= 4 is 18.1 Å². The zero-order valence-electron chi connectivity index (χ0n) is 18.4. The summed E-state index contributed by atoms with van der Waals surface area (Å²) in [5.41, 5.74) is 14.4. The number of hydrogen-bond acceptors (Lipinski definition) is 7. The second-order valence-corrected chi connectivity index (χ2v) is 8.12. The van der Waals surface area contributed by atoms with Crippen molar-refractivity contribution in [3.05, 3.63) is 0 Å². The molecule has 3 amide bonds. The SMILES string of the molecule is CC(C)(C)OC(=O)N(CCN)CCN(CCN)C(=O)OC(C)(C)C.CC(N)=O. The Bertz CT molecular complexity index is 444. The molecule has 0 aromatic heterocycles. The van der Waals surface area contributed by atoms with Crippen molar-refractivity contribution in [3.8, 4) is 0 Å². The summed E-state index contributed by atoms with van der Waals surface area (Å²) in [7, 11) is 0. The molecule has 0 aliphatic rings. The van der Waals surface area contributed by atoms with Crippen LogP contribution >= 0.6 is 0 Å². The molecule has 0 spiro atoms. The van der Waals surface area contributed by atoms with Gasteiger partial charge in [-0.15, -0.1) is 0 Å². The molecule has 6 N–H and O–H groups in total. The Hall–Kier alpha value is -2.07. The molecule has 0 bridgehead atoms.